The molecule has 10 heteroatoms. The maximum Gasteiger partial charge on any atom is 0.272 e. The SMILES string of the molecule is CC.CC.CC1=CC(Br)=CC=C(NC2=C(C(=O)NOCC3CC3)CC=C3CN(C)C=NC3C2F)C1.CCN(C)C.CCNC. The first kappa shape index (κ1) is 41.7. The van der Waals surface area contributed by atoms with E-state index in [4.69, 9.17) is 4.84 Å². The summed E-state index contributed by atoms with van der Waals surface area (Å²) in [5.74, 6) is 0.109. The van der Waals surface area contributed by atoms with Crippen LogP contribution < -0.4 is 16.1 Å². The first-order valence-electron chi connectivity index (χ1n) is 16.1. The van der Waals surface area contributed by atoms with Crippen molar-refractivity contribution in [3.05, 3.63) is 56.9 Å². The Morgan fingerprint density at radius 1 is 1.18 bits per heavy atom. The Hall–Kier alpha value is -2.27. The van der Waals surface area contributed by atoms with Crippen LogP contribution in [-0.2, 0) is 9.63 Å². The van der Waals surface area contributed by atoms with E-state index >= 15 is 4.39 Å². The van der Waals surface area contributed by atoms with Crippen LogP contribution in [0.2, 0.25) is 0 Å². The standard InChI is InChI=1S/C23H28BrFN4O2.C4H11N.C3H9N.2C2H6/c1-14-9-17(24)6-7-18(10-14)27-22-19(23(30)28-31-12-15-3-4-15)8-5-16-11-29(2)13-26-21(16)20(22)25;1-4-5(2)3;1-3-4-2;2*1-2/h5-7,9,13,15,20-21,27H,3-4,8,10-12H2,1-2H3,(H,28,30);4H2,1-3H3;4H,3H2,1-2H3;2*1-2H3. The molecular formula is C34H60BrFN6O2. The van der Waals surface area contributed by atoms with Crippen LogP contribution in [0.25, 0.3) is 0 Å². The van der Waals surface area contributed by atoms with E-state index in [1.54, 1.807) is 6.34 Å². The summed E-state index contributed by atoms with van der Waals surface area (Å²) >= 11 is 3.50. The molecule has 2 unspecified atom stereocenters. The van der Waals surface area contributed by atoms with E-state index in [0.29, 0.717) is 37.5 Å². The average Bonchev–Trinajstić information content (AvgIpc) is 3.87. The monoisotopic (exact) mass is 682 g/mol. The molecule has 0 bridgehead atoms. The first-order valence-corrected chi connectivity index (χ1v) is 16.9. The van der Waals surface area contributed by atoms with Crippen LogP contribution in [0.4, 0.5) is 4.39 Å². The molecule has 1 heterocycles. The molecule has 0 aromatic carbocycles. The number of allylic oxidation sites excluding steroid dienone is 6. The van der Waals surface area contributed by atoms with E-state index in [1.165, 1.54) is 0 Å². The van der Waals surface area contributed by atoms with Crippen LogP contribution >= 0.6 is 15.9 Å². The summed E-state index contributed by atoms with van der Waals surface area (Å²) in [5, 5.41) is 6.18. The third-order valence-electron chi connectivity index (χ3n) is 6.72. The van der Waals surface area contributed by atoms with Gasteiger partial charge in [-0.25, -0.2) is 9.87 Å². The summed E-state index contributed by atoms with van der Waals surface area (Å²) in [6.45, 7) is 17.5. The third kappa shape index (κ3) is 16.2. The summed E-state index contributed by atoms with van der Waals surface area (Å²) in [4.78, 5) is 26.8. The lowest BCUT2D eigenvalue weighted by Gasteiger charge is -2.29. The van der Waals surface area contributed by atoms with E-state index in [2.05, 4.69) is 69.9 Å². The van der Waals surface area contributed by atoms with Crippen molar-refractivity contribution >= 4 is 28.2 Å². The Kier molecular flexibility index (Phi) is 22.8. The molecule has 3 aliphatic carbocycles. The molecule has 0 spiro atoms. The smallest absolute Gasteiger partial charge is 0.272 e. The number of hydrogen-bond donors (Lipinski definition) is 3. The zero-order valence-corrected chi connectivity index (χ0v) is 30.8. The second-order valence-corrected chi connectivity index (χ2v) is 11.6. The fourth-order valence-corrected chi connectivity index (χ4v) is 4.41. The summed E-state index contributed by atoms with van der Waals surface area (Å²) < 4.78 is 16.8. The number of carbonyl (C=O) groups is 1. The van der Waals surface area contributed by atoms with Crippen LogP contribution in [0.1, 0.15) is 74.1 Å². The number of likely N-dealkylation sites (N-methyl/N-ethyl adjacent to an activating group) is 1. The number of fused-ring (bicyclic) bond motifs is 1. The predicted molar refractivity (Wildman–Crippen MR) is 189 cm³/mol. The molecule has 0 aromatic heterocycles. The zero-order chi connectivity index (χ0) is 33.7. The Labute approximate surface area is 276 Å². The average molecular weight is 684 g/mol. The zero-order valence-electron chi connectivity index (χ0n) is 29.2. The number of rotatable bonds is 8. The summed E-state index contributed by atoms with van der Waals surface area (Å²) in [6, 6.07) is -0.637. The predicted octanol–water partition coefficient (Wildman–Crippen LogP) is 6.66. The van der Waals surface area contributed by atoms with Gasteiger partial charge in [0.1, 0.15) is 6.04 Å². The summed E-state index contributed by atoms with van der Waals surface area (Å²) in [7, 11) is 7.94. The summed E-state index contributed by atoms with van der Waals surface area (Å²) in [5.41, 5.74) is 5.96. The van der Waals surface area contributed by atoms with Crippen LogP contribution in [0, 0.1) is 5.92 Å². The van der Waals surface area contributed by atoms with Crippen molar-refractivity contribution in [3.8, 4) is 0 Å². The molecule has 1 aliphatic heterocycles. The Balaban J connectivity index is 0.00000122. The molecule has 8 nitrogen and oxygen atoms in total. The topological polar surface area (TPSA) is 81.2 Å². The number of amides is 1. The van der Waals surface area contributed by atoms with Gasteiger partial charge in [-0.2, -0.15) is 0 Å². The fraction of sp³-hybridized carbons (Fsp3) is 0.647. The number of alkyl halides is 1. The second kappa shape index (κ2) is 24.0. The minimum Gasteiger partial charge on any atom is -0.362 e. The lowest BCUT2D eigenvalue weighted by molar-refractivity contribution is -0.130. The Morgan fingerprint density at radius 2 is 1.80 bits per heavy atom. The van der Waals surface area contributed by atoms with Gasteiger partial charge in [-0.1, -0.05) is 69.1 Å². The third-order valence-corrected chi connectivity index (χ3v) is 7.21. The highest BCUT2D eigenvalue weighted by Gasteiger charge is 2.36. The van der Waals surface area contributed by atoms with E-state index in [9.17, 15) is 4.79 Å². The second-order valence-electron chi connectivity index (χ2n) is 10.7. The normalized spacial score (nSPS) is 20.5. The van der Waals surface area contributed by atoms with E-state index in [1.807, 2.05) is 77.9 Å². The number of hydroxylamine groups is 1. The molecule has 4 rings (SSSR count). The van der Waals surface area contributed by atoms with Gasteiger partial charge >= 0.3 is 0 Å². The highest BCUT2D eigenvalue weighted by Crippen LogP contribution is 2.32. The fourth-order valence-electron chi connectivity index (χ4n) is 3.88. The molecule has 1 amide bonds. The van der Waals surface area contributed by atoms with Crippen LogP contribution in [0.3, 0.4) is 0 Å². The van der Waals surface area contributed by atoms with Crippen molar-refractivity contribution in [2.75, 3.05) is 54.4 Å². The molecule has 0 aromatic rings. The number of nitrogens with zero attached hydrogens (tertiary/aromatic N) is 3. The van der Waals surface area contributed by atoms with Crippen molar-refractivity contribution in [2.24, 2.45) is 10.9 Å². The van der Waals surface area contributed by atoms with Crippen molar-refractivity contribution in [3.63, 3.8) is 0 Å². The molecule has 1 fully saturated rings. The quantitative estimate of drug-likeness (QED) is 0.196. The number of hydrogen-bond acceptors (Lipinski definition) is 7. The van der Waals surface area contributed by atoms with Gasteiger partial charge in [0.25, 0.3) is 5.91 Å². The minimum atomic E-state index is -1.45. The highest BCUT2D eigenvalue weighted by atomic mass is 79.9. The Bertz CT molecular complexity index is 1030. The maximum absolute atomic E-state index is 15.9. The molecular weight excluding hydrogens is 623 g/mol. The van der Waals surface area contributed by atoms with Gasteiger partial charge in [-0.05, 0) is 90.1 Å². The van der Waals surface area contributed by atoms with Gasteiger partial charge in [0.05, 0.1) is 18.6 Å². The van der Waals surface area contributed by atoms with Crippen LogP contribution in [0.15, 0.2) is 61.9 Å². The number of nitrogens with one attached hydrogen (secondary N) is 3. The van der Waals surface area contributed by atoms with Gasteiger partial charge in [0, 0.05) is 35.8 Å². The van der Waals surface area contributed by atoms with Crippen molar-refractivity contribution in [1.29, 1.82) is 0 Å². The van der Waals surface area contributed by atoms with Crippen LogP contribution in [0.5, 0.6) is 0 Å². The summed E-state index contributed by atoms with van der Waals surface area (Å²) in [6.07, 6.45) is 11.2. The minimum absolute atomic E-state index is 0.260. The highest BCUT2D eigenvalue weighted by molar-refractivity contribution is 9.11. The molecule has 3 N–H and O–H groups in total. The largest absolute Gasteiger partial charge is 0.362 e. The maximum atomic E-state index is 15.9. The van der Waals surface area contributed by atoms with Crippen LogP contribution in [-0.4, -0.2) is 88.7 Å². The number of carbonyl (C=O) groups excluding carboxylic acids is 1. The number of halogens is 2. The molecule has 0 saturated heterocycles. The molecule has 44 heavy (non-hydrogen) atoms. The molecule has 2 atom stereocenters. The Morgan fingerprint density at radius 3 is 2.34 bits per heavy atom. The van der Waals surface area contributed by atoms with Gasteiger partial charge < -0.3 is 20.4 Å². The van der Waals surface area contributed by atoms with Gasteiger partial charge in [0.2, 0.25) is 0 Å². The molecule has 0 radical (unpaired) electrons. The molecule has 4 aliphatic rings. The van der Waals surface area contributed by atoms with E-state index in [-0.39, 0.29) is 5.70 Å². The van der Waals surface area contributed by atoms with Crippen molar-refractivity contribution in [1.82, 2.24) is 25.9 Å². The lowest BCUT2D eigenvalue weighted by Crippen LogP contribution is -2.39. The molecule has 252 valence electrons. The van der Waals surface area contributed by atoms with Gasteiger partial charge in [0.15, 0.2) is 6.17 Å². The van der Waals surface area contributed by atoms with Crippen molar-refractivity contribution in [2.45, 2.75) is 86.4 Å². The van der Waals surface area contributed by atoms with E-state index < -0.39 is 18.1 Å². The molecule has 1 saturated carbocycles. The van der Waals surface area contributed by atoms with E-state index in [0.717, 1.165) is 47.3 Å². The first-order chi connectivity index (χ1) is 21.1. The number of aliphatic imine (C=N–C) groups is 1. The lowest BCUT2D eigenvalue weighted by atomic mass is 9.99. The van der Waals surface area contributed by atoms with Gasteiger partial charge in [-0.3, -0.25) is 14.6 Å². The van der Waals surface area contributed by atoms with Crippen molar-refractivity contribution < 1.29 is 14.0 Å². The van der Waals surface area contributed by atoms with Gasteiger partial charge in [-0.15, -0.1) is 0 Å².